The fourth-order valence-electron chi connectivity index (χ4n) is 3.49. The van der Waals surface area contributed by atoms with Crippen LogP contribution < -0.4 is 4.90 Å². The number of fused-ring (bicyclic) bond motifs is 3. The quantitative estimate of drug-likeness (QED) is 0.712. The molecule has 0 aliphatic carbocycles. The molecule has 3 aromatic rings. The van der Waals surface area contributed by atoms with Gasteiger partial charge in [-0.2, -0.15) is 5.11 Å². The van der Waals surface area contributed by atoms with Crippen LogP contribution in [0.2, 0.25) is 0 Å². The number of pyridine rings is 1. The van der Waals surface area contributed by atoms with E-state index in [0.29, 0.717) is 6.54 Å². The minimum absolute atomic E-state index is 0.554. The molecule has 7 heteroatoms. The average Bonchev–Trinajstić information content (AvgIpc) is 3.33. The predicted octanol–water partition coefficient (Wildman–Crippen LogP) is 3.37. The lowest BCUT2D eigenvalue weighted by Crippen LogP contribution is -2.44. The number of anilines is 1. The molecule has 0 radical (unpaired) electrons. The second-order valence-electron chi connectivity index (χ2n) is 6.56. The van der Waals surface area contributed by atoms with Crippen molar-refractivity contribution in [1.29, 1.82) is 0 Å². The number of hydrogen-bond donors (Lipinski definition) is 0. The summed E-state index contributed by atoms with van der Waals surface area (Å²) in [5.41, 5.74) is 3.00. The zero-order chi connectivity index (χ0) is 16.8. The van der Waals surface area contributed by atoms with Crippen LogP contribution in [0.5, 0.6) is 0 Å². The molecule has 0 spiro atoms. The van der Waals surface area contributed by atoms with Crippen molar-refractivity contribution >= 4 is 43.9 Å². The van der Waals surface area contributed by atoms with Crippen LogP contribution in [-0.4, -0.2) is 55.4 Å². The van der Waals surface area contributed by atoms with E-state index in [1.165, 1.54) is 15.5 Å². The van der Waals surface area contributed by atoms with Crippen LogP contribution in [0, 0.1) is 0 Å². The van der Waals surface area contributed by atoms with Gasteiger partial charge in [0.1, 0.15) is 12.4 Å². The summed E-state index contributed by atoms with van der Waals surface area (Å²) in [6.45, 7) is 4.74. The van der Waals surface area contributed by atoms with E-state index in [-0.39, 0.29) is 0 Å². The molecule has 0 unspecified atom stereocenters. The number of hydrogen-bond acceptors (Lipinski definition) is 7. The molecule has 1 saturated heterocycles. The van der Waals surface area contributed by atoms with Crippen LogP contribution in [0.15, 0.2) is 45.1 Å². The minimum Gasteiger partial charge on any atom is -0.353 e. The van der Waals surface area contributed by atoms with Crippen molar-refractivity contribution < 1.29 is 0 Å². The molecule has 0 amide bonds. The zero-order valence-corrected chi connectivity index (χ0v) is 14.8. The Morgan fingerprint density at radius 1 is 1.04 bits per heavy atom. The Morgan fingerprint density at radius 2 is 1.92 bits per heavy atom. The minimum atomic E-state index is 0.554. The van der Waals surface area contributed by atoms with E-state index >= 15 is 0 Å². The monoisotopic (exact) mass is 350 g/mol. The zero-order valence-electron chi connectivity index (χ0n) is 14.0. The van der Waals surface area contributed by atoms with Crippen LogP contribution in [0.4, 0.5) is 5.82 Å². The van der Waals surface area contributed by atoms with Crippen LogP contribution in [0.3, 0.4) is 0 Å². The molecule has 2 aliphatic rings. The fourth-order valence-corrected chi connectivity index (χ4v) is 4.41. The number of rotatable bonds is 2. The smallest absolute Gasteiger partial charge is 0.138 e. The van der Waals surface area contributed by atoms with E-state index in [1.54, 1.807) is 11.3 Å². The molecule has 4 heterocycles. The fraction of sp³-hybridized carbons (Fsp3) is 0.333. The van der Waals surface area contributed by atoms with Gasteiger partial charge in [-0.25, -0.2) is 4.98 Å². The van der Waals surface area contributed by atoms with Crippen molar-refractivity contribution in [3.63, 3.8) is 0 Å². The van der Waals surface area contributed by atoms with E-state index in [1.807, 2.05) is 0 Å². The van der Waals surface area contributed by atoms with Crippen molar-refractivity contribution in [2.45, 2.75) is 0 Å². The van der Waals surface area contributed by atoms with E-state index < -0.39 is 0 Å². The number of nitrogens with zero attached hydrogens (tertiary/aromatic N) is 6. The summed E-state index contributed by atoms with van der Waals surface area (Å²) < 4.78 is 1.31. The second-order valence-corrected chi connectivity index (χ2v) is 7.47. The SMILES string of the molecule is CN1CCN(c2nc3cc(C4=NN=NC4)ccc3c3sccc23)CC1. The van der Waals surface area contributed by atoms with Crippen LogP contribution in [0.25, 0.3) is 21.0 Å². The van der Waals surface area contributed by atoms with E-state index in [9.17, 15) is 0 Å². The summed E-state index contributed by atoms with van der Waals surface area (Å²) in [4.78, 5) is 9.84. The third-order valence-corrected chi connectivity index (χ3v) is 5.91. The summed E-state index contributed by atoms with van der Waals surface area (Å²) in [6, 6.07) is 8.59. The molecule has 1 aromatic carbocycles. The Kier molecular flexibility index (Phi) is 3.50. The van der Waals surface area contributed by atoms with Gasteiger partial charge in [-0.1, -0.05) is 12.1 Å². The molecular weight excluding hydrogens is 332 g/mol. The summed E-state index contributed by atoms with van der Waals surface area (Å²) in [5.74, 6) is 1.11. The molecule has 0 saturated carbocycles. The van der Waals surface area contributed by atoms with Gasteiger partial charge >= 0.3 is 0 Å². The highest BCUT2D eigenvalue weighted by Gasteiger charge is 2.20. The van der Waals surface area contributed by atoms with Gasteiger partial charge in [0, 0.05) is 47.2 Å². The maximum atomic E-state index is 5.05. The molecule has 126 valence electrons. The molecule has 2 aromatic heterocycles. The molecule has 6 nitrogen and oxygen atoms in total. The lowest BCUT2D eigenvalue weighted by Gasteiger charge is -2.33. The van der Waals surface area contributed by atoms with Crippen LogP contribution in [0.1, 0.15) is 5.56 Å². The number of aromatic nitrogens is 1. The highest BCUT2D eigenvalue weighted by atomic mass is 32.1. The standard InChI is InChI=1S/C18H18N6S/c1-23-5-7-24(8-6-23)18-14-4-9-25-17(14)13-3-2-12(10-15(13)20-18)16-11-19-22-21-16/h2-4,9-10H,5-8,11H2,1H3. The predicted molar refractivity (Wildman–Crippen MR) is 103 cm³/mol. The van der Waals surface area contributed by atoms with E-state index in [0.717, 1.165) is 48.8 Å². The Balaban J connectivity index is 1.66. The maximum absolute atomic E-state index is 5.05. The summed E-state index contributed by atoms with van der Waals surface area (Å²) in [5, 5.41) is 16.4. The lowest BCUT2D eigenvalue weighted by molar-refractivity contribution is 0.312. The molecule has 25 heavy (non-hydrogen) atoms. The van der Waals surface area contributed by atoms with Gasteiger partial charge in [0.05, 0.1) is 11.2 Å². The highest BCUT2D eigenvalue weighted by Crippen LogP contribution is 2.35. The first-order valence-corrected chi connectivity index (χ1v) is 9.36. The van der Waals surface area contributed by atoms with Gasteiger partial charge in [0.15, 0.2) is 0 Å². The maximum Gasteiger partial charge on any atom is 0.138 e. The third kappa shape index (κ3) is 2.51. The average molecular weight is 350 g/mol. The van der Waals surface area contributed by atoms with Crippen molar-refractivity contribution in [2.24, 2.45) is 15.4 Å². The second kappa shape index (κ2) is 5.86. The van der Waals surface area contributed by atoms with Gasteiger partial charge in [0.25, 0.3) is 0 Å². The number of piperazine rings is 1. The van der Waals surface area contributed by atoms with Gasteiger partial charge < -0.3 is 9.80 Å². The lowest BCUT2D eigenvalue weighted by atomic mass is 10.1. The molecule has 0 atom stereocenters. The van der Waals surface area contributed by atoms with Crippen molar-refractivity contribution in [3.05, 3.63) is 35.2 Å². The van der Waals surface area contributed by atoms with Gasteiger partial charge in [-0.15, -0.1) is 16.4 Å². The van der Waals surface area contributed by atoms with Crippen LogP contribution in [-0.2, 0) is 0 Å². The number of benzene rings is 1. The Morgan fingerprint density at radius 3 is 2.72 bits per heavy atom. The summed E-state index contributed by atoms with van der Waals surface area (Å²) in [7, 11) is 2.18. The molecule has 1 fully saturated rings. The normalized spacial score (nSPS) is 18.4. The Bertz CT molecular complexity index is 1010. The first-order valence-electron chi connectivity index (χ1n) is 8.48. The molecule has 5 rings (SSSR count). The first kappa shape index (κ1) is 14.9. The molecule has 2 aliphatic heterocycles. The summed E-state index contributed by atoms with van der Waals surface area (Å²) in [6.07, 6.45) is 0. The van der Waals surface area contributed by atoms with E-state index in [4.69, 9.17) is 4.98 Å². The molecular formula is C18H18N6S. The van der Waals surface area contributed by atoms with Gasteiger partial charge in [-0.05, 0) is 29.8 Å². The molecule has 0 N–H and O–H groups in total. The van der Waals surface area contributed by atoms with Gasteiger partial charge in [0.2, 0.25) is 0 Å². The van der Waals surface area contributed by atoms with Crippen molar-refractivity contribution in [1.82, 2.24) is 9.88 Å². The van der Waals surface area contributed by atoms with Crippen LogP contribution >= 0.6 is 11.3 Å². The van der Waals surface area contributed by atoms with Crippen molar-refractivity contribution in [3.8, 4) is 0 Å². The number of thiophene rings is 1. The Hall–Kier alpha value is -2.38. The third-order valence-electron chi connectivity index (χ3n) is 4.96. The topological polar surface area (TPSA) is 56.5 Å². The highest BCUT2D eigenvalue weighted by molar-refractivity contribution is 7.18. The van der Waals surface area contributed by atoms with Gasteiger partial charge in [-0.3, -0.25) is 0 Å². The van der Waals surface area contributed by atoms with Crippen molar-refractivity contribution in [2.75, 3.05) is 44.7 Å². The number of likely N-dealkylation sites (N-methyl/N-ethyl adjacent to an activating group) is 1. The first-order chi connectivity index (χ1) is 12.3. The summed E-state index contributed by atoms with van der Waals surface area (Å²) >= 11 is 1.79. The largest absolute Gasteiger partial charge is 0.353 e. The molecule has 0 bridgehead atoms. The van der Waals surface area contributed by atoms with E-state index in [2.05, 4.69) is 61.9 Å². The Labute approximate surface area is 149 Å².